The standard InChI is InChI=1S/C13H12F4N2O/c14-10-4-2-9(3-5-10)11-8-18-19(6-1-7-20)12(11)13(15,16)17/h2-5,8,20H,1,6-7H2. The topological polar surface area (TPSA) is 38.0 Å². The predicted octanol–water partition coefficient (Wildman–Crippen LogP) is 3.09. The molecule has 0 fully saturated rings. The van der Waals surface area contributed by atoms with Gasteiger partial charge in [-0.3, -0.25) is 4.68 Å². The Balaban J connectivity index is 2.47. The van der Waals surface area contributed by atoms with E-state index in [4.69, 9.17) is 5.11 Å². The number of aliphatic hydroxyl groups is 1. The van der Waals surface area contributed by atoms with Crippen molar-refractivity contribution in [1.29, 1.82) is 0 Å². The normalized spacial score (nSPS) is 11.8. The molecule has 0 saturated carbocycles. The number of nitrogens with zero attached hydrogens (tertiary/aromatic N) is 2. The van der Waals surface area contributed by atoms with E-state index in [9.17, 15) is 17.6 Å². The third-order valence-corrected chi connectivity index (χ3v) is 2.79. The van der Waals surface area contributed by atoms with Crippen molar-refractivity contribution in [3.05, 3.63) is 42.0 Å². The number of alkyl halides is 3. The molecule has 1 aromatic heterocycles. The zero-order valence-corrected chi connectivity index (χ0v) is 10.4. The molecule has 108 valence electrons. The number of hydrogen-bond acceptors (Lipinski definition) is 2. The van der Waals surface area contributed by atoms with Crippen LogP contribution in [0.4, 0.5) is 17.6 Å². The van der Waals surface area contributed by atoms with Gasteiger partial charge in [0.2, 0.25) is 0 Å². The molecule has 2 rings (SSSR count). The largest absolute Gasteiger partial charge is 0.433 e. The summed E-state index contributed by atoms with van der Waals surface area (Å²) >= 11 is 0. The maximum atomic E-state index is 13.1. The lowest BCUT2D eigenvalue weighted by Gasteiger charge is -2.12. The first-order chi connectivity index (χ1) is 9.43. The zero-order chi connectivity index (χ0) is 14.8. The minimum Gasteiger partial charge on any atom is -0.396 e. The Morgan fingerprint density at radius 2 is 1.80 bits per heavy atom. The van der Waals surface area contributed by atoms with Crippen molar-refractivity contribution in [2.75, 3.05) is 6.61 Å². The van der Waals surface area contributed by atoms with Crippen LogP contribution in [0.1, 0.15) is 12.1 Å². The van der Waals surface area contributed by atoms with Gasteiger partial charge in [-0.15, -0.1) is 0 Å². The van der Waals surface area contributed by atoms with Crippen LogP contribution >= 0.6 is 0 Å². The third kappa shape index (κ3) is 2.98. The highest BCUT2D eigenvalue weighted by molar-refractivity contribution is 5.66. The van der Waals surface area contributed by atoms with Crippen molar-refractivity contribution in [3.63, 3.8) is 0 Å². The predicted molar refractivity (Wildman–Crippen MR) is 64.3 cm³/mol. The second-order valence-corrected chi connectivity index (χ2v) is 4.21. The molecule has 0 spiro atoms. The van der Waals surface area contributed by atoms with Crippen LogP contribution in [-0.2, 0) is 12.7 Å². The molecular formula is C13H12F4N2O. The summed E-state index contributed by atoms with van der Waals surface area (Å²) in [5.74, 6) is -0.519. The minimum absolute atomic E-state index is 0.0352. The maximum absolute atomic E-state index is 13.1. The van der Waals surface area contributed by atoms with Gasteiger partial charge in [-0.05, 0) is 24.1 Å². The first-order valence-corrected chi connectivity index (χ1v) is 5.93. The van der Waals surface area contributed by atoms with Gasteiger partial charge in [0.25, 0.3) is 0 Å². The zero-order valence-electron chi connectivity index (χ0n) is 10.4. The minimum atomic E-state index is -4.57. The fraction of sp³-hybridized carbons (Fsp3) is 0.308. The van der Waals surface area contributed by atoms with Crippen LogP contribution in [0.3, 0.4) is 0 Å². The molecule has 1 aromatic carbocycles. The van der Waals surface area contributed by atoms with E-state index in [2.05, 4.69) is 5.10 Å². The molecule has 0 radical (unpaired) electrons. The Kier molecular flexibility index (Phi) is 4.08. The van der Waals surface area contributed by atoms with Gasteiger partial charge in [-0.2, -0.15) is 18.3 Å². The lowest BCUT2D eigenvalue weighted by Crippen LogP contribution is -2.16. The van der Waals surface area contributed by atoms with E-state index in [1.165, 1.54) is 12.1 Å². The molecule has 0 amide bonds. The van der Waals surface area contributed by atoms with Crippen molar-refractivity contribution in [3.8, 4) is 11.1 Å². The summed E-state index contributed by atoms with van der Waals surface area (Å²) in [4.78, 5) is 0. The summed E-state index contributed by atoms with van der Waals surface area (Å²) in [5.41, 5.74) is -0.748. The van der Waals surface area contributed by atoms with Gasteiger partial charge in [0.15, 0.2) is 0 Å². The Morgan fingerprint density at radius 1 is 1.15 bits per heavy atom. The molecule has 3 nitrogen and oxygen atoms in total. The number of benzene rings is 1. The van der Waals surface area contributed by atoms with Crippen molar-refractivity contribution >= 4 is 0 Å². The van der Waals surface area contributed by atoms with Crippen LogP contribution in [0.15, 0.2) is 30.5 Å². The van der Waals surface area contributed by atoms with E-state index >= 15 is 0 Å². The van der Waals surface area contributed by atoms with Crippen molar-refractivity contribution < 1.29 is 22.7 Å². The Morgan fingerprint density at radius 3 is 2.35 bits per heavy atom. The molecule has 0 bridgehead atoms. The fourth-order valence-electron chi connectivity index (χ4n) is 1.92. The fourth-order valence-corrected chi connectivity index (χ4v) is 1.92. The van der Waals surface area contributed by atoms with Gasteiger partial charge >= 0.3 is 6.18 Å². The summed E-state index contributed by atoms with van der Waals surface area (Å²) < 4.78 is 53.1. The van der Waals surface area contributed by atoms with Crippen LogP contribution in [0, 0.1) is 5.82 Å². The van der Waals surface area contributed by atoms with E-state index in [0.29, 0.717) is 0 Å². The third-order valence-electron chi connectivity index (χ3n) is 2.79. The average molecular weight is 288 g/mol. The van der Waals surface area contributed by atoms with Crippen LogP contribution in [-0.4, -0.2) is 21.5 Å². The van der Waals surface area contributed by atoms with E-state index in [-0.39, 0.29) is 30.7 Å². The lowest BCUT2D eigenvalue weighted by atomic mass is 10.1. The number of aromatic nitrogens is 2. The Labute approximate surface area is 112 Å². The molecule has 1 N–H and O–H groups in total. The van der Waals surface area contributed by atoms with Crippen LogP contribution in [0.25, 0.3) is 11.1 Å². The molecule has 0 unspecified atom stereocenters. The maximum Gasteiger partial charge on any atom is 0.433 e. The Hall–Kier alpha value is -1.89. The molecule has 0 atom stereocenters. The van der Waals surface area contributed by atoms with Crippen LogP contribution in [0.5, 0.6) is 0 Å². The SMILES string of the molecule is OCCCn1ncc(-c2ccc(F)cc2)c1C(F)(F)F. The van der Waals surface area contributed by atoms with E-state index < -0.39 is 17.7 Å². The smallest absolute Gasteiger partial charge is 0.396 e. The van der Waals surface area contributed by atoms with Crippen LogP contribution in [0.2, 0.25) is 0 Å². The highest BCUT2D eigenvalue weighted by Crippen LogP contribution is 2.37. The van der Waals surface area contributed by atoms with Gasteiger partial charge in [0, 0.05) is 18.7 Å². The molecule has 20 heavy (non-hydrogen) atoms. The summed E-state index contributed by atoms with van der Waals surface area (Å²) in [6, 6.07) is 4.75. The lowest BCUT2D eigenvalue weighted by molar-refractivity contribution is -0.143. The molecular weight excluding hydrogens is 276 g/mol. The summed E-state index contributed by atoms with van der Waals surface area (Å²) in [6.45, 7) is -0.254. The average Bonchev–Trinajstić information content (AvgIpc) is 2.81. The quantitative estimate of drug-likeness (QED) is 0.878. The van der Waals surface area contributed by atoms with Gasteiger partial charge in [0.05, 0.1) is 6.20 Å². The molecule has 2 aromatic rings. The van der Waals surface area contributed by atoms with Crippen molar-refractivity contribution in [1.82, 2.24) is 9.78 Å². The van der Waals surface area contributed by atoms with E-state index in [1.807, 2.05) is 0 Å². The number of aryl methyl sites for hydroxylation is 1. The molecule has 0 saturated heterocycles. The molecule has 0 aliphatic heterocycles. The number of halogens is 4. The van der Waals surface area contributed by atoms with E-state index in [0.717, 1.165) is 23.0 Å². The first-order valence-electron chi connectivity index (χ1n) is 5.93. The van der Waals surface area contributed by atoms with Crippen molar-refractivity contribution in [2.24, 2.45) is 0 Å². The number of rotatable bonds is 4. The highest BCUT2D eigenvalue weighted by atomic mass is 19.4. The van der Waals surface area contributed by atoms with Gasteiger partial charge in [0.1, 0.15) is 11.5 Å². The summed E-state index contributed by atoms with van der Waals surface area (Å²) in [5, 5.41) is 12.4. The van der Waals surface area contributed by atoms with Gasteiger partial charge < -0.3 is 5.11 Å². The first kappa shape index (κ1) is 14.5. The molecule has 0 aliphatic carbocycles. The second-order valence-electron chi connectivity index (χ2n) is 4.21. The molecule has 7 heteroatoms. The number of hydrogen-bond donors (Lipinski definition) is 1. The summed E-state index contributed by atoms with van der Waals surface area (Å²) in [6.07, 6.45) is -3.29. The monoisotopic (exact) mass is 288 g/mol. The number of aliphatic hydroxyl groups excluding tert-OH is 1. The van der Waals surface area contributed by atoms with Gasteiger partial charge in [-0.1, -0.05) is 12.1 Å². The molecule has 0 aliphatic rings. The second kappa shape index (κ2) is 5.62. The summed E-state index contributed by atoms with van der Waals surface area (Å²) in [7, 11) is 0. The van der Waals surface area contributed by atoms with Crippen molar-refractivity contribution in [2.45, 2.75) is 19.1 Å². The Bertz CT molecular complexity index is 575. The van der Waals surface area contributed by atoms with E-state index in [1.54, 1.807) is 0 Å². The van der Waals surface area contributed by atoms with Gasteiger partial charge in [-0.25, -0.2) is 4.39 Å². The van der Waals surface area contributed by atoms with Crippen LogP contribution < -0.4 is 0 Å². The molecule has 1 heterocycles. The highest BCUT2D eigenvalue weighted by Gasteiger charge is 2.38.